The van der Waals surface area contributed by atoms with E-state index in [0.29, 0.717) is 5.57 Å². The molecule has 0 aliphatic carbocycles. The highest BCUT2D eigenvalue weighted by molar-refractivity contribution is 5.22. The SMILES string of the molecule is C/C=C(C)/C=C(\NC)C(F)(F)F. The van der Waals surface area contributed by atoms with Crippen molar-refractivity contribution in [1.82, 2.24) is 5.32 Å². The highest BCUT2D eigenvalue weighted by atomic mass is 19.4. The third kappa shape index (κ3) is 3.46. The lowest BCUT2D eigenvalue weighted by Crippen LogP contribution is -2.23. The zero-order valence-corrected chi connectivity index (χ0v) is 7.29. The van der Waals surface area contributed by atoms with Gasteiger partial charge in [-0.3, -0.25) is 0 Å². The molecule has 0 saturated heterocycles. The molecule has 0 heterocycles. The summed E-state index contributed by atoms with van der Waals surface area (Å²) >= 11 is 0. The van der Waals surface area contributed by atoms with Crippen LogP contribution in [0.3, 0.4) is 0 Å². The second-order valence-corrected chi connectivity index (χ2v) is 2.34. The second-order valence-electron chi connectivity index (χ2n) is 2.34. The molecule has 0 rings (SSSR count). The molecule has 0 aromatic heterocycles. The minimum atomic E-state index is -4.29. The Morgan fingerprint density at radius 1 is 1.33 bits per heavy atom. The highest BCUT2D eigenvalue weighted by Crippen LogP contribution is 2.23. The van der Waals surface area contributed by atoms with E-state index in [4.69, 9.17) is 0 Å². The van der Waals surface area contributed by atoms with Crippen LogP contribution < -0.4 is 5.32 Å². The van der Waals surface area contributed by atoms with E-state index in [1.165, 1.54) is 7.05 Å². The zero-order chi connectivity index (χ0) is 9.78. The Hall–Kier alpha value is -0.930. The molecule has 12 heavy (non-hydrogen) atoms. The van der Waals surface area contributed by atoms with E-state index in [0.717, 1.165) is 6.08 Å². The Morgan fingerprint density at radius 2 is 1.83 bits per heavy atom. The minimum absolute atomic E-state index is 0.580. The topological polar surface area (TPSA) is 12.0 Å². The first-order chi connectivity index (χ1) is 5.41. The van der Waals surface area contributed by atoms with Crippen molar-refractivity contribution in [3.8, 4) is 0 Å². The Kier molecular flexibility index (Phi) is 3.86. The van der Waals surface area contributed by atoms with Gasteiger partial charge in [0.15, 0.2) is 0 Å². The summed E-state index contributed by atoms with van der Waals surface area (Å²) in [7, 11) is 1.25. The Labute approximate surface area is 70.0 Å². The van der Waals surface area contributed by atoms with Crippen molar-refractivity contribution in [3.63, 3.8) is 0 Å². The molecule has 1 N–H and O–H groups in total. The van der Waals surface area contributed by atoms with Gasteiger partial charge in [0.05, 0.1) is 0 Å². The fraction of sp³-hybridized carbons (Fsp3) is 0.500. The molecular formula is C8H12F3N. The Balaban J connectivity index is 4.68. The third-order valence-electron chi connectivity index (χ3n) is 1.40. The van der Waals surface area contributed by atoms with Crippen molar-refractivity contribution in [3.05, 3.63) is 23.4 Å². The summed E-state index contributed by atoms with van der Waals surface area (Å²) in [5, 5.41) is 2.10. The molecule has 0 fully saturated rings. The second kappa shape index (κ2) is 4.18. The van der Waals surface area contributed by atoms with Crippen LogP contribution in [-0.4, -0.2) is 13.2 Å². The summed E-state index contributed by atoms with van der Waals surface area (Å²) in [5.41, 5.74) is -0.144. The van der Waals surface area contributed by atoms with Crippen LogP contribution in [0, 0.1) is 0 Å². The van der Waals surface area contributed by atoms with Gasteiger partial charge in [-0.1, -0.05) is 11.6 Å². The first kappa shape index (κ1) is 11.1. The van der Waals surface area contributed by atoms with Crippen LogP contribution in [0.15, 0.2) is 23.4 Å². The molecule has 0 spiro atoms. The molecule has 4 heteroatoms. The quantitative estimate of drug-likeness (QED) is 0.642. The van der Waals surface area contributed by atoms with E-state index in [1.807, 2.05) is 0 Å². The summed E-state index contributed by atoms with van der Waals surface area (Å²) in [6.07, 6.45) is -1.61. The number of halogens is 3. The van der Waals surface area contributed by atoms with Gasteiger partial charge in [0.25, 0.3) is 0 Å². The van der Waals surface area contributed by atoms with Crippen LogP contribution in [0.4, 0.5) is 13.2 Å². The fourth-order valence-corrected chi connectivity index (χ4v) is 0.607. The van der Waals surface area contributed by atoms with Gasteiger partial charge in [-0.25, -0.2) is 0 Å². The Morgan fingerprint density at radius 3 is 2.08 bits per heavy atom. The zero-order valence-electron chi connectivity index (χ0n) is 7.29. The molecule has 0 aliphatic heterocycles. The summed E-state index contributed by atoms with van der Waals surface area (Å²) in [4.78, 5) is 0. The van der Waals surface area contributed by atoms with E-state index in [9.17, 15) is 13.2 Å². The van der Waals surface area contributed by atoms with Crippen molar-refractivity contribution >= 4 is 0 Å². The number of nitrogens with one attached hydrogen (secondary N) is 1. The van der Waals surface area contributed by atoms with Crippen LogP contribution in [0.5, 0.6) is 0 Å². The van der Waals surface area contributed by atoms with Crippen LogP contribution in [0.1, 0.15) is 13.8 Å². The van der Waals surface area contributed by atoms with Gasteiger partial charge in [-0.2, -0.15) is 13.2 Å². The largest absolute Gasteiger partial charge is 0.430 e. The van der Waals surface area contributed by atoms with Crippen LogP contribution in [-0.2, 0) is 0 Å². The van der Waals surface area contributed by atoms with Gasteiger partial charge >= 0.3 is 6.18 Å². The number of hydrogen-bond acceptors (Lipinski definition) is 1. The summed E-state index contributed by atoms with van der Waals surface area (Å²) in [6, 6.07) is 0. The van der Waals surface area contributed by atoms with E-state index in [1.54, 1.807) is 19.9 Å². The molecular weight excluding hydrogens is 167 g/mol. The van der Waals surface area contributed by atoms with Crippen molar-refractivity contribution in [2.45, 2.75) is 20.0 Å². The van der Waals surface area contributed by atoms with E-state index in [2.05, 4.69) is 5.32 Å². The number of allylic oxidation sites excluding steroid dienone is 4. The van der Waals surface area contributed by atoms with Crippen molar-refractivity contribution in [2.24, 2.45) is 0 Å². The van der Waals surface area contributed by atoms with Crippen LogP contribution in [0.2, 0.25) is 0 Å². The monoisotopic (exact) mass is 179 g/mol. The lowest BCUT2D eigenvalue weighted by Gasteiger charge is -2.10. The number of alkyl halides is 3. The van der Waals surface area contributed by atoms with Crippen LogP contribution >= 0.6 is 0 Å². The first-order valence-corrected chi connectivity index (χ1v) is 3.51. The van der Waals surface area contributed by atoms with Gasteiger partial charge in [0.2, 0.25) is 0 Å². The predicted molar refractivity (Wildman–Crippen MR) is 42.6 cm³/mol. The molecule has 0 atom stereocenters. The van der Waals surface area contributed by atoms with Crippen LogP contribution in [0.25, 0.3) is 0 Å². The highest BCUT2D eigenvalue weighted by Gasteiger charge is 2.32. The lowest BCUT2D eigenvalue weighted by molar-refractivity contribution is -0.0960. The first-order valence-electron chi connectivity index (χ1n) is 3.51. The molecule has 0 radical (unpaired) electrons. The molecule has 0 saturated carbocycles. The Bertz CT molecular complexity index is 201. The van der Waals surface area contributed by atoms with Gasteiger partial charge in [-0.15, -0.1) is 0 Å². The molecule has 0 unspecified atom stereocenters. The van der Waals surface area contributed by atoms with Crippen molar-refractivity contribution in [2.75, 3.05) is 7.05 Å². The summed E-state index contributed by atoms with van der Waals surface area (Å²) < 4.78 is 36.2. The molecule has 0 aromatic rings. The molecule has 70 valence electrons. The van der Waals surface area contributed by atoms with Crippen molar-refractivity contribution < 1.29 is 13.2 Å². The number of hydrogen-bond donors (Lipinski definition) is 1. The predicted octanol–water partition coefficient (Wildman–Crippen LogP) is 2.62. The molecule has 0 amide bonds. The molecule has 0 aromatic carbocycles. The van der Waals surface area contributed by atoms with E-state index < -0.39 is 11.9 Å². The van der Waals surface area contributed by atoms with E-state index in [-0.39, 0.29) is 0 Å². The maximum atomic E-state index is 12.1. The average molecular weight is 179 g/mol. The maximum absolute atomic E-state index is 12.1. The van der Waals surface area contributed by atoms with Gasteiger partial charge < -0.3 is 5.32 Å². The normalized spacial score (nSPS) is 14.8. The standard InChI is InChI=1S/C8H12F3N/c1-4-6(2)5-7(12-3)8(9,10)11/h4-5,12H,1-3H3/b6-4+,7-5-. The maximum Gasteiger partial charge on any atom is 0.430 e. The smallest absolute Gasteiger partial charge is 0.384 e. The van der Waals surface area contributed by atoms with E-state index >= 15 is 0 Å². The molecule has 0 aliphatic rings. The van der Waals surface area contributed by atoms with Gasteiger partial charge in [0, 0.05) is 7.05 Å². The average Bonchev–Trinajstić information content (AvgIpc) is 1.97. The third-order valence-corrected chi connectivity index (χ3v) is 1.40. The fourth-order valence-electron chi connectivity index (χ4n) is 0.607. The summed E-state index contributed by atoms with van der Waals surface area (Å²) in [6.45, 7) is 3.30. The molecule has 1 nitrogen and oxygen atoms in total. The summed E-state index contributed by atoms with van der Waals surface area (Å²) in [5.74, 6) is 0. The van der Waals surface area contributed by atoms with Gasteiger partial charge in [-0.05, 0) is 19.9 Å². The molecule has 0 bridgehead atoms. The van der Waals surface area contributed by atoms with Crippen molar-refractivity contribution in [1.29, 1.82) is 0 Å². The van der Waals surface area contributed by atoms with Gasteiger partial charge in [0.1, 0.15) is 5.70 Å². The minimum Gasteiger partial charge on any atom is -0.384 e. The lowest BCUT2D eigenvalue weighted by atomic mass is 10.2. The number of rotatable bonds is 2.